The van der Waals surface area contributed by atoms with E-state index in [1.54, 1.807) is 16.7 Å². The molecule has 0 saturated heterocycles. The minimum Gasteiger partial charge on any atom is -0.289 e. The van der Waals surface area contributed by atoms with E-state index >= 15 is 0 Å². The van der Waals surface area contributed by atoms with Gasteiger partial charge in [-0.3, -0.25) is 4.99 Å². The van der Waals surface area contributed by atoms with E-state index in [-0.39, 0.29) is 0 Å². The van der Waals surface area contributed by atoms with Crippen LogP contribution in [0.2, 0.25) is 0 Å². The lowest BCUT2D eigenvalue weighted by molar-refractivity contribution is 0.115. The highest BCUT2D eigenvalue weighted by molar-refractivity contribution is 5.79. The van der Waals surface area contributed by atoms with Crippen molar-refractivity contribution in [3.8, 4) is 0 Å². The largest absolute Gasteiger partial charge is 0.289 e. The molecule has 0 radical (unpaired) electrons. The fourth-order valence-electron chi connectivity index (χ4n) is 10.3. The molecule has 0 N–H and O–H groups in total. The SMILES string of the molecule is CC1(C)C2=C(C=CCC2)C2CC=CC(C3C=C(C=NCC4=CC5C=CCCC5CC4)CC(C4CC=CCC4)C3)C21. The van der Waals surface area contributed by atoms with E-state index in [2.05, 4.69) is 80.8 Å². The van der Waals surface area contributed by atoms with Crippen molar-refractivity contribution in [2.45, 2.75) is 90.9 Å². The molecule has 8 atom stereocenters. The first kappa shape index (κ1) is 26.7. The number of allylic oxidation sites excluding steroid dienone is 13. The number of fused-ring (bicyclic) bond motifs is 3. The van der Waals surface area contributed by atoms with Crippen molar-refractivity contribution >= 4 is 6.21 Å². The quantitative estimate of drug-likeness (QED) is 0.246. The average Bonchev–Trinajstić information content (AvgIpc) is 3.24. The third-order valence-electron chi connectivity index (χ3n) is 12.2. The minimum atomic E-state index is 0.307. The maximum Gasteiger partial charge on any atom is 0.0599 e. The second kappa shape index (κ2) is 11.3. The van der Waals surface area contributed by atoms with Crippen LogP contribution in [0.1, 0.15) is 90.9 Å². The molecule has 0 bridgehead atoms. The van der Waals surface area contributed by atoms with Crippen molar-refractivity contribution in [2.75, 3.05) is 6.54 Å². The van der Waals surface area contributed by atoms with Crippen LogP contribution in [0, 0.1) is 52.8 Å². The van der Waals surface area contributed by atoms with Crippen LogP contribution < -0.4 is 0 Å². The zero-order valence-electron chi connectivity index (χ0n) is 25.1. The fraction of sp³-hybridized carbons (Fsp3) is 0.615. The summed E-state index contributed by atoms with van der Waals surface area (Å²) in [5, 5.41) is 0. The third-order valence-corrected chi connectivity index (χ3v) is 12.2. The van der Waals surface area contributed by atoms with Gasteiger partial charge in [-0.2, -0.15) is 0 Å². The summed E-state index contributed by atoms with van der Waals surface area (Å²) < 4.78 is 0. The molecule has 0 amide bonds. The Morgan fingerprint density at radius 3 is 2.65 bits per heavy atom. The lowest BCUT2D eigenvalue weighted by atomic mass is 9.59. The molecular formula is C39H51N. The molecule has 0 heterocycles. The van der Waals surface area contributed by atoms with E-state index in [1.165, 1.54) is 82.6 Å². The number of rotatable bonds is 5. The van der Waals surface area contributed by atoms with Crippen molar-refractivity contribution < 1.29 is 0 Å². The standard InChI is InChI=1S/C39H51N/c1-39(2)37-18-9-8-15-35(37)36-17-10-16-34(38(36)39)33-23-28(22-32(24-33)29-11-4-3-5-12-29)26-40-25-27-19-20-30-13-6-7-14-31(30)21-27/h3-4,7-8,10,14-16,21,23,26,29-34,36,38H,5-6,9,11-13,17-20,22,24-25H2,1-2H3. The summed E-state index contributed by atoms with van der Waals surface area (Å²) in [6.45, 7) is 6.07. The summed E-state index contributed by atoms with van der Waals surface area (Å²) in [5.41, 5.74) is 6.90. The summed E-state index contributed by atoms with van der Waals surface area (Å²) >= 11 is 0. The van der Waals surface area contributed by atoms with Crippen LogP contribution in [0.15, 0.2) is 88.0 Å². The topological polar surface area (TPSA) is 12.4 Å². The Kier molecular flexibility index (Phi) is 7.53. The minimum absolute atomic E-state index is 0.307. The van der Waals surface area contributed by atoms with Gasteiger partial charge in [0.05, 0.1) is 6.54 Å². The van der Waals surface area contributed by atoms with E-state index in [0.29, 0.717) is 23.2 Å². The van der Waals surface area contributed by atoms with E-state index in [4.69, 9.17) is 4.99 Å². The van der Waals surface area contributed by atoms with Gasteiger partial charge in [-0.05, 0) is 141 Å². The summed E-state index contributed by atoms with van der Waals surface area (Å²) in [7, 11) is 0. The first-order valence-electron chi connectivity index (χ1n) is 16.9. The second-order valence-corrected chi connectivity index (χ2v) is 14.8. The summed E-state index contributed by atoms with van der Waals surface area (Å²) in [6.07, 6.45) is 43.0. The Morgan fingerprint density at radius 2 is 1.75 bits per heavy atom. The molecule has 7 aliphatic carbocycles. The van der Waals surface area contributed by atoms with Gasteiger partial charge < -0.3 is 0 Å². The van der Waals surface area contributed by atoms with Gasteiger partial charge in [-0.1, -0.05) is 85.8 Å². The molecule has 0 aromatic rings. The van der Waals surface area contributed by atoms with Gasteiger partial charge in [-0.25, -0.2) is 0 Å². The van der Waals surface area contributed by atoms with Crippen LogP contribution >= 0.6 is 0 Å². The van der Waals surface area contributed by atoms with Crippen LogP contribution in [0.4, 0.5) is 0 Å². The number of hydrogen-bond acceptors (Lipinski definition) is 1. The molecule has 0 saturated carbocycles. The summed E-state index contributed by atoms with van der Waals surface area (Å²) in [6, 6.07) is 0. The molecule has 8 unspecified atom stereocenters. The van der Waals surface area contributed by atoms with Crippen molar-refractivity contribution in [2.24, 2.45) is 57.8 Å². The van der Waals surface area contributed by atoms with Crippen molar-refractivity contribution in [1.29, 1.82) is 0 Å². The maximum atomic E-state index is 5.13. The molecule has 40 heavy (non-hydrogen) atoms. The Balaban J connectivity index is 1.13. The third kappa shape index (κ3) is 5.05. The Morgan fingerprint density at radius 1 is 0.850 bits per heavy atom. The zero-order chi connectivity index (χ0) is 27.1. The number of aliphatic imine (C=N–C) groups is 1. The van der Waals surface area contributed by atoms with Gasteiger partial charge in [0, 0.05) is 6.21 Å². The number of hydrogen-bond donors (Lipinski definition) is 0. The van der Waals surface area contributed by atoms with Gasteiger partial charge in [-0.15, -0.1) is 0 Å². The fourth-order valence-corrected chi connectivity index (χ4v) is 10.3. The second-order valence-electron chi connectivity index (χ2n) is 14.8. The molecule has 0 aromatic carbocycles. The molecular weight excluding hydrogens is 482 g/mol. The van der Waals surface area contributed by atoms with Crippen LogP contribution in [-0.4, -0.2) is 12.8 Å². The molecule has 1 nitrogen and oxygen atoms in total. The van der Waals surface area contributed by atoms with Crippen molar-refractivity contribution in [1.82, 2.24) is 0 Å². The van der Waals surface area contributed by atoms with E-state index < -0.39 is 0 Å². The van der Waals surface area contributed by atoms with Crippen molar-refractivity contribution in [3.05, 3.63) is 83.1 Å². The Hall–Kier alpha value is -2.15. The molecule has 1 heteroatoms. The lowest BCUT2D eigenvalue weighted by Gasteiger charge is -2.45. The first-order chi connectivity index (χ1) is 19.6. The van der Waals surface area contributed by atoms with Crippen molar-refractivity contribution in [3.63, 3.8) is 0 Å². The van der Waals surface area contributed by atoms with E-state index in [1.807, 2.05) is 0 Å². The Bertz CT molecular complexity index is 1210. The summed E-state index contributed by atoms with van der Waals surface area (Å²) in [5.74, 6) is 5.93. The highest BCUT2D eigenvalue weighted by Crippen LogP contribution is 2.61. The van der Waals surface area contributed by atoms with Gasteiger partial charge in [0.2, 0.25) is 0 Å². The monoisotopic (exact) mass is 533 g/mol. The highest BCUT2D eigenvalue weighted by Gasteiger charge is 2.52. The predicted molar refractivity (Wildman–Crippen MR) is 170 cm³/mol. The Labute approximate surface area is 244 Å². The normalized spacial score (nSPS) is 40.0. The molecule has 0 spiro atoms. The summed E-state index contributed by atoms with van der Waals surface area (Å²) in [4.78, 5) is 5.13. The average molecular weight is 534 g/mol. The number of nitrogens with zero attached hydrogens (tertiary/aromatic N) is 1. The van der Waals surface area contributed by atoms with Crippen LogP contribution in [0.25, 0.3) is 0 Å². The molecule has 0 aromatic heterocycles. The predicted octanol–water partition coefficient (Wildman–Crippen LogP) is 10.2. The molecule has 7 rings (SSSR count). The molecule has 0 aliphatic heterocycles. The first-order valence-corrected chi connectivity index (χ1v) is 16.9. The zero-order valence-corrected chi connectivity index (χ0v) is 25.1. The lowest BCUT2D eigenvalue weighted by Crippen LogP contribution is -2.39. The highest BCUT2D eigenvalue weighted by atomic mass is 14.7. The van der Waals surface area contributed by atoms with Gasteiger partial charge in [0.25, 0.3) is 0 Å². The van der Waals surface area contributed by atoms with Gasteiger partial charge >= 0.3 is 0 Å². The van der Waals surface area contributed by atoms with Crippen LogP contribution in [-0.2, 0) is 0 Å². The van der Waals surface area contributed by atoms with Gasteiger partial charge in [0.15, 0.2) is 0 Å². The smallest absolute Gasteiger partial charge is 0.0599 e. The van der Waals surface area contributed by atoms with E-state index in [0.717, 1.165) is 36.1 Å². The van der Waals surface area contributed by atoms with Gasteiger partial charge in [0.1, 0.15) is 0 Å². The molecule has 7 aliphatic rings. The maximum absolute atomic E-state index is 5.13. The van der Waals surface area contributed by atoms with E-state index in [9.17, 15) is 0 Å². The van der Waals surface area contributed by atoms with Crippen LogP contribution in [0.5, 0.6) is 0 Å². The van der Waals surface area contributed by atoms with Crippen LogP contribution in [0.3, 0.4) is 0 Å². The molecule has 212 valence electrons. The molecule has 0 fully saturated rings.